The van der Waals surface area contributed by atoms with Crippen LogP contribution in [0, 0.1) is 17.2 Å². The van der Waals surface area contributed by atoms with Crippen LogP contribution in [0.4, 0.5) is 4.39 Å². The first-order valence-corrected chi connectivity index (χ1v) is 8.04. The number of aliphatic hydroxyl groups excluding tert-OH is 1. The van der Waals surface area contributed by atoms with Crippen molar-refractivity contribution in [1.29, 1.82) is 0 Å². The van der Waals surface area contributed by atoms with Gasteiger partial charge in [-0.15, -0.1) is 0 Å². The lowest BCUT2D eigenvalue weighted by atomic mass is 9.76. The van der Waals surface area contributed by atoms with Crippen LogP contribution < -0.4 is 0 Å². The van der Waals surface area contributed by atoms with Gasteiger partial charge in [0.15, 0.2) is 0 Å². The van der Waals surface area contributed by atoms with Crippen LogP contribution in [0.15, 0.2) is 24.3 Å². The third-order valence-corrected chi connectivity index (χ3v) is 4.94. The summed E-state index contributed by atoms with van der Waals surface area (Å²) >= 11 is 0. The first-order valence-electron chi connectivity index (χ1n) is 8.04. The van der Waals surface area contributed by atoms with Crippen molar-refractivity contribution in [1.82, 2.24) is 0 Å². The van der Waals surface area contributed by atoms with Gasteiger partial charge in [-0.3, -0.25) is 0 Å². The highest BCUT2D eigenvalue weighted by atomic mass is 19.1. The van der Waals surface area contributed by atoms with E-state index < -0.39 is 6.10 Å². The van der Waals surface area contributed by atoms with Crippen LogP contribution in [-0.4, -0.2) is 5.11 Å². The third-order valence-electron chi connectivity index (χ3n) is 4.94. The Morgan fingerprint density at radius 2 is 2.00 bits per heavy atom. The number of rotatable bonds is 6. The number of hydrogen-bond donors (Lipinski definition) is 1. The fourth-order valence-corrected chi connectivity index (χ4v) is 4.12. The molecule has 0 aromatic heterocycles. The molecule has 1 aliphatic rings. The molecule has 20 heavy (non-hydrogen) atoms. The first kappa shape index (κ1) is 15.5. The number of aliphatic hydroxyl groups is 1. The third kappa shape index (κ3) is 3.41. The van der Waals surface area contributed by atoms with Crippen LogP contribution in [0.2, 0.25) is 0 Å². The van der Waals surface area contributed by atoms with E-state index >= 15 is 0 Å². The molecular weight excluding hydrogens is 251 g/mol. The molecule has 0 unspecified atom stereocenters. The fourth-order valence-electron chi connectivity index (χ4n) is 4.12. The van der Waals surface area contributed by atoms with Gasteiger partial charge < -0.3 is 5.11 Å². The van der Waals surface area contributed by atoms with Crippen LogP contribution >= 0.6 is 0 Å². The van der Waals surface area contributed by atoms with Crippen molar-refractivity contribution in [3.05, 3.63) is 35.6 Å². The second kappa shape index (κ2) is 6.71. The molecule has 112 valence electrons. The molecule has 1 aromatic carbocycles. The van der Waals surface area contributed by atoms with E-state index in [4.69, 9.17) is 0 Å². The van der Waals surface area contributed by atoms with Gasteiger partial charge >= 0.3 is 0 Å². The van der Waals surface area contributed by atoms with Gasteiger partial charge in [0.1, 0.15) is 5.82 Å². The summed E-state index contributed by atoms with van der Waals surface area (Å²) in [7, 11) is 0. The van der Waals surface area contributed by atoms with Gasteiger partial charge in [0.2, 0.25) is 0 Å². The quantitative estimate of drug-likeness (QED) is 0.754. The maximum absolute atomic E-state index is 13.3. The second-order valence-electron chi connectivity index (χ2n) is 6.50. The van der Waals surface area contributed by atoms with Gasteiger partial charge in [-0.2, -0.15) is 0 Å². The van der Waals surface area contributed by atoms with Crippen molar-refractivity contribution in [2.24, 2.45) is 11.3 Å². The average Bonchev–Trinajstić information content (AvgIpc) is 2.83. The van der Waals surface area contributed by atoms with E-state index in [2.05, 4.69) is 13.8 Å². The summed E-state index contributed by atoms with van der Waals surface area (Å²) in [6.07, 6.45) is 7.79. The van der Waals surface area contributed by atoms with Crippen LogP contribution in [0.1, 0.15) is 70.5 Å². The summed E-state index contributed by atoms with van der Waals surface area (Å²) < 4.78 is 13.3. The Morgan fingerprint density at radius 1 is 1.30 bits per heavy atom. The molecule has 1 N–H and O–H groups in total. The smallest absolute Gasteiger partial charge is 0.123 e. The van der Waals surface area contributed by atoms with Gasteiger partial charge in [0.05, 0.1) is 6.10 Å². The largest absolute Gasteiger partial charge is 0.388 e. The van der Waals surface area contributed by atoms with E-state index in [9.17, 15) is 9.50 Å². The van der Waals surface area contributed by atoms with Crippen molar-refractivity contribution in [2.45, 2.75) is 64.9 Å². The van der Waals surface area contributed by atoms with E-state index in [1.54, 1.807) is 6.07 Å². The predicted octanol–water partition coefficient (Wildman–Crippen LogP) is 5.25. The zero-order valence-electron chi connectivity index (χ0n) is 12.7. The topological polar surface area (TPSA) is 20.2 Å². The molecule has 0 aliphatic heterocycles. The van der Waals surface area contributed by atoms with Crippen LogP contribution in [0.25, 0.3) is 0 Å². The van der Waals surface area contributed by atoms with E-state index in [1.165, 1.54) is 44.2 Å². The maximum Gasteiger partial charge on any atom is 0.123 e. The summed E-state index contributed by atoms with van der Waals surface area (Å²) in [5.41, 5.74) is 1.15. The molecule has 2 atom stereocenters. The normalized spacial score (nSPS) is 22.9. The molecule has 0 amide bonds. The van der Waals surface area contributed by atoms with Gasteiger partial charge in [0.25, 0.3) is 0 Å². The zero-order valence-corrected chi connectivity index (χ0v) is 12.7. The van der Waals surface area contributed by atoms with Crippen LogP contribution in [-0.2, 0) is 0 Å². The zero-order chi connectivity index (χ0) is 14.6. The predicted molar refractivity (Wildman–Crippen MR) is 80.9 cm³/mol. The molecule has 2 heteroatoms. The van der Waals surface area contributed by atoms with Gasteiger partial charge in [-0.25, -0.2) is 4.39 Å². The van der Waals surface area contributed by atoms with E-state index in [0.29, 0.717) is 5.41 Å². The Kier molecular flexibility index (Phi) is 5.20. The Labute approximate surface area is 122 Å². The maximum atomic E-state index is 13.3. The van der Waals surface area contributed by atoms with Crippen LogP contribution in [0.3, 0.4) is 0 Å². The summed E-state index contributed by atoms with van der Waals surface area (Å²) in [6.45, 7) is 4.49. The van der Waals surface area contributed by atoms with Crippen molar-refractivity contribution in [2.75, 3.05) is 0 Å². The number of benzene rings is 1. The molecule has 0 bridgehead atoms. The van der Waals surface area contributed by atoms with Gasteiger partial charge in [-0.1, -0.05) is 38.8 Å². The average molecular weight is 278 g/mol. The van der Waals surface area contributed by atoms with Gasteiger partial charge in [0, 0.05) is 0 Å². The molecule has 2 rings (SSSR count). The minimum Gasteiger partial charge on any atom is -0.388 e. The second-order valence-corrected chi connectivity index (χ2v) is 6.50. The summed E-state index contributed by atoms with van der Waals surface area (Å²) in [5, 5.41) is 10.5. The lowest BCUT2D eigenvalue weighted by Crippen LogP contribution is -2.18. The summed E-state index contributed by atoms with van der Waals surface area (Å²) in [6, 6.07) is 6.44. The molecule has 1 fully saturated rings. The molecular formula is C18H27FO. The van der Waals surface area contributed by atoms with E-state index in [-0.39, 0.29) is 11.7 Å². The van der Waals surface area contributed by atoms with E-state index in [0.717, 1.165) is 18.4 Å². The van der Waals surface area contributed by atoms with Gasteiger partial charge in [-0.05, 0) is 61.1 Å². The first-order chi connectivity index (χ1) is 9.60. The SMILES string of the molecule is CCCC1(CCC)CC[C@H]([C@@H](O)c2cccc(F)c2)C1. The minimum absolute atomic E-state index is 0.257. The fraction of sp³-hybridized carbons (Fsp3) is 0.667. The lowest BCUT2D eigenvalue weighted by molar-refractivity contribution is 0.0985. The Morgan fingerprint density at radius 3 is 2.60 bits per heavy atom. The summed E-state index contributed by atoms with van der Waals surface area (Å²) in [5.74, 6) is 0.0304. The molecule has 0 heterocycles. The van der Waals surface area contributed by atoms with Crippen molar-refractivity contribution in [3.8, 4) is 0 Å². The highest BCUT2D eigenvalue weighted by Gasteiger charge is 2.40. The minimum atomic E-state index is -0.513. The van der Waals surface area contributed by atoms with Crippen molar-refractivity contribution >= 4 is 0 Å². The Bertz CT molecular complexity index is 423. The molecule has 0 saturated heterocycles. The molecule has 0 radical (unpaired) electrons. The molecule has 0 spiro atoms. The molecule has 1 saturated carbocycles. The molecule has 1 aliphatic carbocycles. The molecule has 1 aromatic rings. The molecule has 1 nitrogen and oxygen atoms in total. The number of hydrogen-bond acceptors (Lipinski definition) is 1. The lowest BCUT2D eigenvalue weighted by Gasteiger charge is -2.29. The number of halogens is 1. The Hall–Kier alpha value is -0.890. The van der Waals surface area contributed by atoms with Crippen molar-refractivity contribution < 1.29 is 9.50 Å². The van der Waals surface area contributed by atoms with Crippen molar-refractivity contribution in [3.63, 3.8) is 0 Å². The monoisotopic (exact) mass is 278 g/mol. The highest BCUT2D eigenvalue weighted by molar-refractivity contribution is 5.20. The Balaban J connectivity index is 2.07. The summed E-state index contributed by atoms with van der Waals surface area (Å²) in [4.78, 5) is 0. The highest BCUT2D eigenvalue weighted by Crippen LogP contribution is 2.51. The van der Waals surface area contributed by atoms with E-state index in [1.807, 2.05) is 6.07 Å². The van der Waals surface area contributed by atoms with Crippen LogP contribution in [0.5, 0.6) is 0 Å². The standard InChI is InChI=1S/C18H27FO/c1-3-9-18(10-4-2)11-8-15(13-18)17(20)14-6-5-7-16(19)12-14/h5-7,12,15,17,20H,3-4,8-11,13H2,1-2H3/t15-,17-/m0/s1.